The molecule has 1 N–H and O–H groups in total. The largest absolute Gasteiger partial charge is 0.374 e. The van der Waals surface area contributed by atoms with E-state index in [2.05, 4.69) is 16.4 Å². The van der Waals surface area contributed by atoms with E-state index in [1.54, 1.807) is 22.7 Å². The van der Waals surface area contributed by atoms with Crippen LogP contribution in [-0.4, -0.2) is 15.3 Å². The van der Waals surface area contributed by atoms with Gasteiger partial charge in [-0.1, -0.05) is 11.8 Å². The van der Waals surface area contributed by atoms with Gasteiger partial charge in [0, 0.05) is 24.8 Å². The number of hydrogen-bond donors (Lipinski definition) is 1. The summed E-state index contributed by atoms with van der Waals surface area (Å²) in [5, 5.41) is 2.81. The zero-order chi connectivity index (χ0) is 12.4. The minimum Gasteiger partial charge on any atom is -0.374 e. The van der Waals surface area contributed by atoms with Gasteiger partial charge in [0.15, 0.2) is 0 Å². The molecule has 1 amide bonds. The first-order valence-electron chi connectivity index (χ1n) is 5.54. The third kappa shape index (κ3) is 2.70. The first kappa shape index (κ1) is 13.4. The summed E-state index contributed by atoms with van der Waals surface area (Å²) in [5.41, 5.74) is 1.98. The van der Waals surface area contributed by atoms with Crippen LogP contribution in [0.25, 0.3) is 5.65 Å². The van der Waals surface area contributed by atoms with E-state index in [1.165, 1.54) is 0 Å². The molecule has 4 nitrogen and oxygen atoms in total. The van der Waals surface area contributed by atoms with E-state index < -0.39 is 0 Å². The predicted molar refractivity (Wildman–Crippen MR) is 68.4 cm³/mol. The number of anilines is 1. The SMILES string of the molecule is O=C(Nc1c[c-]ccc1)c1cnc2ccccn12.[V]. The number of aromatic nitrogens is 2. The Morgan fingerprint density at radius 2 is 2.16 bits per heavy atom. The van der Waals surface area contributed by atoms with E-state index in [0.717, 1.165) is 5.65 Å². The molecular formula is C14H10N3OV-. The second kappa shape index (κ2) is 5.74. The average Bonchev–Trinajstić information content (AvgIpc) is 2.84. The van der Waals surface area contributed by atoms with Crippen LogP contribution in [0.4, 0.5) is 5.69 Å². The van der Waals surface area contributed by atoms with Crippen LogP contribution >= 0.6 is 0 Å². The number of nitrogens with zero attached hydrogens (tertiary/aromatic N) is 2. The number of hydrogen-bond acceptors (Lipinski definition) is 2. The maximum atomic E-state index is 12.1. The summed E-state index contributed by atoms with van der Waals surface area (Å²) in [7, 11) is 0. The fraction of sp³-hybridized carbons (Fsp3) is 0. The minimum absolute atomic E-state index is 0. The monoisotopic (exact) mass is 287 g/mol. The van der Waals surface area contributed by atoms with Gasteiger partial charge < -0.3 is 5.32 Å². The molecule has 93 valence electrons. The van der Waals surface area contributed by atoms with Crippen molar-refractivity contribution >= 4 is 17.2 Å². The summed E-state index contributed by atoms with van der Waals surface area (Å²) in [4.78, 5) is 16.3. The number of nitrogens with one attached hydrogen (secondary N) is 1. The molecule has 5 heteroatoms. The van der Waals surface area contributed by atoms with Gasteiger partial charge in [0.25, 0.3) is 5.91 Å². The molecule has 2 aromatic heterocycles. The molecule has 0 atom stereocenters. The Hall–Kier alpha value is -2.04. The Morgan fingerprint density at radius 3 is 2.95 bits per heavy atom. The maximum absolute atomic E-state index is 12.1. The summed E-state index contributed by atoms with van der Waals surface area (Å²) in [6, 6.07) is 15.7. The van der Waals surface area contributed by atoms with Crippen LogP contribution in [0.2, 0.25) is 0 Å². The Kier molecular flexibility index (Phi) is 4.04. The molecule has 0 saturated carbocycles. The maximum Gasteiger partial charge on any atom is 0.263 e. The van der Waals surface area contributed by atoms with Crippen LogP contribution in [0.5, 0.6) is 0 Å². The summed E-state index contributed by atoms with van der Waals surface area (Å²) in [5.74, 6) is -0.187. The molecule has 0 aliphatic rings. The van der Waals surface area contributed by atoms with E-state index >= 15 is 0 Å². The molecule has 1 radical (unpaired) electrons. The van der Waals surface area contributed by atoms with E-state index in [4.69, 9.17) is 0 Å². The summed E-state index contributed by atoms with van der Waals surface area (Å²) in [6.45, 7) is 0. The molecule has 0 aliphatic carbocycles. The molecule has 0 saturated heterocycles. The van der Waals surface area contributed by atoms with Gasteiger partial charge in [-0.15, -0.1) is 6.07 Å². The van der Waals surface area contributed by atoms with Gasteiger partial charge in [0.05, 0.1) is 6.20 Å². The van der Waals surface area contributed by atoms with E-state index in [1.807, 2.05) is 36.5 Å². The number of pyridine rings is 1. The molecule has 19 heavy (non-hydrogen) atoms. The van der Waals surface area contributed by atoms with Crippen molar-refractivity contribution in [2.45, 2.75) is 0 Å². The van der Waals surface area contributed by atoms with Gasteiger partial charge in [-0.05, 0) is 12.1 Å². The standard InChI is InChI=1S/C14H10N3O.V/c18-14(16-11-6-2-1-3-7-11)12-10-15-13-8-4-5-9-17(12)13;/h1-2,4-10H,(H,16,18);/q-1;. The van der Waals surface area contributed by atoms with Crippen LogP contribution in [0.1, 0.15) is 10.5 Å². The van der Waals surface area contributed by atoms with Crippen molar-refractivity contribution in [2.24, 2.45) is 0 Å². The summed E-state index contributed by atoms with van der Waals surface area (Å²) in [6.07, 6.45) is 3.38. The van der Waals surface area contributed by atoms with Crippen LogP contribution in [0.15, 0.2) is 54.9 Å². The zero-order valence-corrected chi connectivity index (χ0v) is 11.3. The third-order valence-corrected chi connectivity index (χ3v) is 2.61. The Bertz CT molecular complexity index is 694. The normalized spacial score (nSPS) is 9.89. The quantitative estimate of drug-likeness (QED) is 0.736. The van der Waals surface area contributed by atoms with Crippen molar-refractivity contribution in [3.05, 3.63) is 66.6 Å². The Morgan fingerprint density at radius 1 is 1.26 bits per heavy atom. The number of imidazole rings is 1. The first-order chi connectivity index (χ1) is 8.84. The van der Waals surface area contributed by atoms with Gasteiger partial charge in [-0.3, -0.25) is 9.20 Å². The van der Waals surface area contributed by atoms with Crippen molar-refractivity contribution < 1.29 is 23.4 Å². The number of rotatable bonds is 2. The topological polar surface area (TPSA) is 46.4 Å². The smallest absolute Gasteiger partial charge is 0.263 e. The van der Waals surface area contributed by atoms with Crippen molar-refractivity contribution in [2.75, 3.05) is 5.32 Å². The number of carbonyl (C=O) groups is 1. The molecule has 3 rings (SSSR count). The van der Waals surface area contributed by atoms with Gasteiger partial charge in [-0.2, -0.15) is 24.3 Å². The summed E-state index contributed by atoms with van der Waals surface area (Å²) < 4.78 is 1.75. The molecule has 2 heterocycles. The van der Waals surface area contributed by atoms with Crippen LogP contribution < -0.4 is 5.32 Å². The predicted octanol–water partition coefficient (Wildman–Crippen LogP) is 2.38. The number of benzene rings is 1. The number of fused-ring (bicyclic) bond motifs is 1. The van der Waals surface area contributed by atoms with E-state index in [9.17, 15) is 4.79 Å². The van der Waals surface area contributed by atoms with Gasteiger partial charge in [0.2, 0.25) is 0 Å². The van der Waals surface area contributed by atoms with E-state index in [-0.39, 0.29) is 24.5 Å². The van der Waals surface area contributed by atoms with Gasteiger partial charge in [0.1, 0.15) is 11.3 Å². The average molecular weight is 287 g/mol. The molecule has 0 spiro atoms. The van der Waals surface area contributed by atoms with Gasteiger partial charge in [-0.25, -0.2) is 4.98 Å². The van der Waals surface area contributed by atoms with Crippen LogP contribution in [0, 0.1) is 6.07 Å². The van der Waals surface area contributed by atoms with Crippen molar-refractivity contribution in [1.29, 1.82) is 0 Å². The fourth-order valence-corrected chi connectivity index (χ4v) is 1.77. The zero-order valence-electron chi connectivity index (χ0n) is 9.95. The fourth-order valence-electron chi connectivity index (χ4n) is 1.77. The number of carbonyl (C=O) groups excluding carboxylic acids is 1. The number of amides is 1. The second-order valence-electron chi connectivity index (χ2n) is 3.82. The molecule has 1 aromatic carbocycles. The van der Waals surface area contributed by atoms with Crippen LogP contribution in [-0.2, 0) is 18.6 Å². The molecule has 0 unspecified atom stereocenters. The van der Waals surface area contributed by atoms with E-state index in [0.29, 0.717) is 11.4 Å². The van der Waals surface area contributed by atoms with Crippen molar-refractivity contribution in [3.8, 4) is 0 Å². The molecular weight excluding hydrogens is 277 g/mol. The third-order valence-electron chi connectivity index (χ3n) is 2.61. The van der Waals surface area contributed by atoms with Gasteiger partial charge >= 0.3 is 0 Å². The Labute approximate surface area is 122 Å². The van der Waals surface area contributed by atoms with Crippen molar-refractivity contribution in [1.82, 2.24) is 9.38 Å². The molecule has 3 aromatic rings. The van der Waals surface area contributed by atoms with Crippen LogP contribution in [0.3, 0.4) is 0 Å². The molecule has 0 fully saturated rings. The summed E-state index contributed by atoms with van der Waals surface area (Å²) >= 11 is 0. The molecule has 0 aliphatic heterocycles. The van der Waals surface area contributed by atoms with Crippen molar-refractivity contribution in [3.63, 3.8) is 0 Å². The Balaban J connectivity index is 0.00000133. The second-order valence-corrected chi connectivity index (χ2v) is 3.82. The molecule has 0 bridgehead atoms. The first-order valence-corrected chi connectivity index (χ1v) is 5.54. The minimum atomic E-state index is -0.187.